The van der Waals surface area contributed by atoms with Crippen molar-refractivity contribution >= 4 is 0 Å². The first-order valence-corrected chi connectivity index (χ1v) is 6.19. The van der Waals surface area contributed by atoms with Crippen molar-refractivity contribution in [2.75, 3.05) is 26.2 Å². The normalized spacial score (nSPS) is 37.0. The molecule has 2 unspecified atom stereocenters. The molecule has 0 bridgehead atoms. The molecule has 2 aliphatic rings. The Balaban J connectivity index is 1.77. The molecule has 2 rings (SSSR count). The molecular formula is C12H24N2O. The molecule has 3 heteroatoms. The molecule has 2 atom stereocenters. The number of rotatable bonds is 2. The average Bonchev–Trinajstić information content (AvgIpc) is 2.45. The zero-order chi connectivity index (χ0) is 10.9. The maximum Gasteiger partial charge on any atom is 0.0710 e. The molecule has 0 aromatic rings. The van der Waals surface area contributed by atoms with E-state index in [9.17, 15) is 0 Å². The lowest BCUT2D eigenvalue weighted by Crippen LogP contribution is -2.51. The Kier molecular flexibility index (Phi) is 3.33. The summed E-state index contributed by atoms with van der Waals surface area (Å²) in [4.78, 5) is 2.53. The van der Waals surface area contributed by atoms with E-state index in [1.165, 1.54) is 25.9 Å². The Morgan fingerprint density at radius 1 is 1.47 bits per heavy atom. The van der Waals surface area contributed by atoms with E-state index in [2.05, 4.69) is 31.0 Å². The summed E-state index contributed by atoms with van der Waals surface area (Å²) in [7, 11) is 0. The molecule has 2 saturated heterocycles. The van der Waals surface area contributed by atoms with E-state index in [4.69, 9.17) is 4.74 Å². The lowest BCUT2D eigenvalue weighted by atomic mass is 10.1. The van der Waals surface area contributed by atoms with Gasteiger partial charge in [0.15, 0.2) is 0 Å². The molecule has 0 saturated carbocycles. The molecule has 2 aliphatic heterocycles. The number of hydrogen-bond acceptors (Lipinski definition) is 3. The van der Waals surface area contributed by atoms with Crippen molar-refractivity contribution in [1.29, 1.82) is 0 Å². The SMILES string of the molecule is CC1CN(CC2CCC(C)(C)O2)CCN1. The number of hydrogen-bond donors (Lipinski definition) is 1. The fourth-order valence-corrected chi connectivity index (χ4v) is 2.67. The highest BCUT2D eigenvalue weighted by Gasteiger charge is 2.33. The summed E-state index contributed by atoms with van der Waals surface area (Å²) in [6, 6.07) is 0.633. The van der Waals surface area contributed by atoms with E-state index in [0.717, 1.165) is 13.1 Å². The largest absolute Gasteiger partial charge is 0.371 e. The predicted molar refractivity (Wildman–Crippen MR) is 62.1 cm³/mol. The third-order valence-corrected chi connectivity index (χ3v) is 3.47. The second-order valence-electron chi connectivity index (χ2n) is 5.65. The van der Waals surface area contributed by atoms with Gasteiger partial charge in [0.2, 0.25) is 0 Å². The van der Waals surface area contributed by atoms with Gasteiger partial charge in [0.25, 0.3) is 0 Å². The highest BCUT2D eigenvalue weighted by molar-refractivity contribution is 4.84. The van der Waals surface area contributed by atoms with Crippen LogP contribution in [-0.4, -0.2) is 48.8 Å². The Hall–Kier alpha value is -0.120. The van der Waals surface area contributed by atoms with Crippen LogP contribution in [0.4, 0.5) is 0 Å². The van der Waals surface area contributed by atoms with Crippen LogP contribution in [0.3, 0.4) is 0 Å². The van der Waals surface area contributed by atoms with Crippen molar-refractivity contribution in [1.82, 2.24) is 10.2 Å². The second kappa shape index (κ2) is 4.40. The van der Waals surface area contributed by atoms with Gasteiger partial charge < -0.3 is 10.1 Å². The highest BCUT2D eigenvalue weighted by Crippen LogP contribution is 2.29. The number of nitrogens with zero attached hydrogens (tertiary/aromatic N) is 1. The van der Waals surface area contributed by atoms with Gasteiger partial charge in [-0.2, -0.15) is 0 Å². The van der Waals surface area contributed by atoms with Gasteiger partial charge in [0.05, 0.1) is 11.7 Å². The summed E-state index contributed by atoms with van der Waals surface area (Å²) in [5.74, 6) is 0. The van der Waals surface area contributed by atoms with Crippen LogP contribution in [0.2, 0.25) is 0 Å². The second-order valence-corrected chi connectivity index (χ2v) is 5.65. The zero-order valence-corrected chi connectivity index (χ0v) is 10.3. The molecule has 0 aliphatic carbocycles. The highest BCUT2D eigenvalue weighted by atomic mass is 16.5. The summed E-state index contributed by atoms with van der Waals surface area (Å²) in [6.07, 6.45) is 2.90. The maximum atomic E-state index is 6.02. The van der Waals surface area contributed by atoms with Crippen LogP contribution < -0.4 is 5.32 Å². The quantitative estimate of drug-likeness (QED) is 0.745. The smallest absolute Gasteiger partial charge is 0.0710 e. The van der Waals surface area contributed by atoms with E-state index in [1.54, 1.807) is 0 Å². The van der Waals surface area contributed by atoms with Gasteiger partial charge in [-0.05, 0) is 33.6 Å². The third kappa shape index (κ3) is 3.16. The lowest BCUT2D eigenvalue weighted by molar-refractivity contribution is -0.0310. The van der Waals surface area contributed by atoms with Crippen LogP contribution >= 0.6 is 0 Å². The van der Waals surface area contributed by atoms with E-state index in [-0.39, 0.29) is 5.60 Å². The molecule has 15 heavy (non-hydrogen) atoms. The fourth-order valence-electron chi connectivity index (χ4n) is 2.67. The third-order valence-electron chi connectivity index (χ3n) is 3.47. The summed E-state index contributed by atoms with van der Waals surface area (Å²) in [6.45, 7) is 11.2. The van der Waals surface area contributed by atoms with Gasteiger partial charge in [-0.15, -0.1) is 0 Å². The first-order valence-electron chi connectivity index (χ1n) is 6.19. The van der Waals surface area contributed by atoms with Crippen LogP contribution in [0.25, 0.3) is 0 Å². The molecule has 1 N–H and O–H groups in total. The van der Waals surface area contributed by atoms with Crippen LogP contribution in [0, 0.1) is 0 Å². The van der Waals surface area contributed by atoms with Gasteiger partial charge in [-0.1, -0.05) is 0 Å². The minimum atomic E-state index is 0.115. The van der Waals surface area contributed by atoms with Crippen LogP contribution in [0.5, 0.6) is 0 Å². The fraction of sp³-hybridized carbons (Fsp3) is 1.00. The molecule has 88 valence electrons. The van der Waals surface area contributed by atoms with E-state index >= 15 is 0 Å². The van der Waals surface area contributed by atoms with Crippen LogP contribution in [0.1, 0.15) is 33.6 Å². The van der Waals surface area contributed by atoms with Crippen molar-refractivity contribution in [3.63, 3.8) is 0 Å². The molecule has 2 fully saturated rings. The molecule has 0 spiro atoms. The summed E-state index contributed by atoms with van der Waals surface area (Å²) >= 11 is 0. The summed E-state index contributed by atoms with van der Waals surface area (Å²) in [5, 5.41) is 3.47. The number of piperazine rings is 1. The summed E-state index contributed by atoms with van der Waals surface area (Å²) in [5.41, 5.74) is 0.115. The Morgan fingerprint density at radius 3 is 2.87 bits per heavy atom. The minimum Gasteiger partial charge on any atom is -0.371 e. The molecule has 0 aromatic carbocycles. The standard InChI is InChI=1S/C12H24N2O/c1-10-8-14(7-6-13-10)9-11-4-5-12(2,3)15-11/h10-11,13H,4-9H2,1-3H3. The van der Waals surface area contributed by atoms with Crippen molar-refractivity contribution in [2.24, 2.45) is 0 Å². The van der Waals surface area contributed by atoms with Crippen LogP contribution in [0.15, 0.2) is 0 Å². The van der Waals surface area contributed by atoms with Gasteiger partial charge in [-0.25, -0.2) is 0 Å². The van der Waals surface area contributed by atoms with Crippen molar-refractivity contribution < 1.29 is 4.74 Å². The van der Waals surface area contributed by atoms with Crippen molar-refractivity contribution in [3.8, 4) is 0 Å². The Morgan fingerprint density at radius 2 is 2.27 bits per heavy atom. The van der Waals surface area contributed by atoms with E-state index in [0.29, 0.717) is 12.1 Å². The maximum absolute atomic E-state index is 6.02. The summed E-state index contributed by atoms with van der Waals surface area (Å²) < 4.78 is 6.02. The molecule has 0 radical (unpaired) electrons. The van der Waals surface area contributed by atoms with Gasteiger partial charge in [0.1, 0.15) is 0 Å². The van der Waals surface area contributed by atoms with Crippen molar-refractivity contribution in [3.05, 3.63) is 0 Å². The van der Waals surface area contributed by atoms with Gasteiger partial charge in [0, 0.05) is 32.2 Å². The van der Waals surface area contributed by atoms with Crippen LogP contribution in [-0.2, 0) is 4.74 Å². The average molecular weight is 212 g/mol. The monoisotopic (exact) mass is 212 g/mol. The molecule has 2 heterocycles. The van der Waals surface area contributed by atoms with Crippen molar-refractivity contribution in [2.45, 2.75) is 51.4 Å². The van der Waals surface area contributed by atoms with E-state index < -0.39 is 0 Å². The zero-order valence-electron chi connectivity index (χ0n) is 10.3. The molecule has 0 amide bonds. The lowest BCUT2D eigenvalue weighted by Gasteiger charge is -2.33. The molecular weight excluding hydrogens is 188 g/mol. The Bertz CT molecular complexity index is 218. The van der Waals surface area contributed by atoms with Gasteiger partial charge >= 0.3 is 0 Å². The Labute approximate surface area is 93.2 Å². The van der Waals surface area contributed by atoms with E-state index in [1.807, 2.05) is 0 Å². The first-order chi connectivity index (χ1) is 7.05. The number of nitrogens with one attached hydrogen (secondary N) is 1. The molecule has 3 nitrogen and oxygen atoms in total. The van der Waals surface area contributed by atoms with Gasteiger partial charge in [-0.3, -0.25) is 4.90 Å². The minimum absolute atomic E-state index is 0.115. The predicted octanol–water partition coefficient (Wildman–Crippen LogP) is 1.24. The molecule has 0 aromatic heterocycles. The first kappa shape index (κ1) is 11.4. The topological polar surface area (TPSA) is 24.5 Å². The number of ether oxygens (including phenoxy) is 1.